The van der Waals surface area contributed by atoms with Crippen LogP contribution in [0.1, 0.15) is 17.5 Å². The first-order valence-electron chi connectivity index (χ1n) is 6.00. The molecule has 0 atom stereocenters. The lowest BCUT2D eigenvalue weighted by molar-refractivity contribution is -0.116. The Kier molecular flexibility index (Phi) is 3.77. The number of aryl methyl sites for hydroxylation is 3. The van der Waals surface area contributed by atoms with Crippen LogP contribution in [0, 0.1) is 13.8 Å². The second-order valence-electron chi connectivity index (χ2n) is 4.37. The van der Waals surface area contributed by atoms with E-state index in [1.807, 2.05) is 37.4 Å². The van der Waals surface area contributed by atoms with E-state index in [-0.39, 0.29) is 5.91 Å². The molecule has 0 unspecified atom stereocenters. The molecule has 0 aliphatic rings. The van der Waals surface area contributed by atoms with Crippen LogP contribution in [0.2, 0.25) is 0 Å². The zero-order valence-corrected chi connectivity index (χ0v) is 10.7. The van der Waals surface area contributed by atoms with Crippen LogP contribution in [0.15, 0.2) is 36.7 Å². The molecule has 1 aromatic carbocycles. The van der Waals surface area contributed by atoms with Crippen LogP contribution in [0.5, 0.6) is 0 Å². The number of carbonyl (C=O) groups is 1. The van der Waals surface area contributed by atoms with Crippen LogP contribution in [0.3, 0.4) is 0 Å². The van der Waals surface area contributed by atoms with E-state index in [9.17, 15) is 4.79 Å². The lowest BCUT2D eigenvalue weighted by Crippen LogP contribution is -2.14. The maximum Gasteiger partial charge on any atom is 0.226 e. The molecule has 0 aliphatic heterocycles. The summed E-state index contributed by atoms with van der Waals surface area (Å²) in [5.41, 5.74) is 3.26. The molecule has 4 heteroatoms. The molecule has 0 aliphatic carbocycles. The third kappa shape index (κ3) is 3.20. The molecular weight excluding hydrogens is 226 g/mol. The van der Waals surface area contributed by atoms with Crippen molar-refractivity contribution in [1.82, 2.24) is 9.78 Å². The minimum absolute atomic E-state index is 0.00810. The number of aromatic nitrogens is 2. The van der Waals surface area contributed by atoms with Gasteiger partial charge in [-0.2, -0.15) is 5.10 Å². The van der Waals surface area contributed by atoms with Crippen LogP contribution in [0.25, 0.3) is 0 Å². The van der Waals surface area contributed by atoms with Gasteiger partial charge in [0, 0.05) is 31.0 Å². The molecule has 1 aromatic heterocycles. The number of benzene rings is 1. The molecule has 0 saturated carbocycles. The third-order valence-corrected chi connectivity index (χ3v) is 2.92. The van der Waals surface area contributed by atoms with Gasteiger partial charge in [0.15, 0.2) is 0 Å². The summed E-state index contributed by atoms with van der Waals surface area (Å²) in [6.07, 6.45) is 3.99. The van der Waals surface area contributed by atoms with Crippen molar-refractivity contribution in [2.75, 3.05) is 5.32 Å². The van der Waals surface area contributed by atoms with Gasteiger partial charge in [0.2, 0.25) is 5.91 Å². The van der Waals surface area contributed by atoms with E-state index in [1.54, 1.807) is 10.9 Å². The quantitative estimate of drug-likeness (QED) is 0.897. The zero-order valence-electron chi connectivity index (χ0n) is 10.7. The molecule has 18 heavy (non-hydrogen) atoms. The van der Waals surface area contributed by atoms with Gasteiger partial charge in [0.25, 0.3) is 0 Å². The van der Waals surface area contributed by atoms with Crippen molar-refractivity contribution in [2.45, 2.75) is 26.8 Å². The molecule has 94 valence electrons. The Morgan fingerprint density at radius 1 is 1.33 bits per heavy atom. The molecule has 2 rings (SSSR count). The number of hydrogen-bond acceptors (Lipinski definition) is 2. The van der Waals surface area contributed by atoms with Gasteiger partial charge < -0.3 is 5.32 Å². The average molecular weight is 243 g/mol. The maximum absolute atomic E-state index is 11.8. The van der Waals surface area contributed by atoms with E-state index in [0.29, 0.717) is 13.0 Å². The fourth-order valence-electron chi connectivity index (χ4n) is 1.69. The summed E-state index contributed by atoms with van der Waals surface area (Å²) in [5.74, 6) is 0.00810. The fourth-order valence-corrected chi connectivity index (χ4v) is 1.69. The molecule has 0 bridgehead atoms. The molecule has 2 aromatic rings. The molecule has 1 amide bonds. The van der Waals surface area contributed by atoms with Gasteiger partial charge in [-0.05, 0) is 43.2 Å². The van der Waals surface area contributed by atoms with E-state index in [1.165, 1.54) is 11.1 Å². The summed E-state index contributed by atoms with van der Waals surface area (Å²) in [6.45, 7) is 4.69. The summed E-state index contributed by atoms with van der Waals surface area (Å²) in [6, 6.07) is 7.77. The maximum atomic E-state index is 11.8. The Bertz CT molecular complexity index is 532. The lowest BCUT2D eigenvalue weighted by atomic mass is 10.1. The average Bonchev–Trinajstić information content (AvgIpc) is 2.84. The molecule has 1 heterocycles. The van der Waals surface area contributed by atoms with Gasteiger partial charge in [0.05, 0.1) is 0 Å². The molecule has 4 nitrogen and oxygen atoms in total. The van der Waals surface area contributed by atoms with E-state index in [2.05, 4.69) is 17.3 Å². The number of nitrogens with zero attached hydrogens (tertiary/aromatic N) is 2. The first-order valence-corrected chi connectivity index (χ1v) is 6.00. The number of carbonyl (C=O) groups excluding carboxylic acids is 1. The standard InChI is InChI=1S/C14H17N3O/c1-11-4-5-13(10-12(11)2)16-14(18)6-9-17-8-3-7-15-17/h3-5,7-8,10H,6,9H2,1-2H3,(H,16,18). The normalized spacial score (nSPS) is 10.3. The van der Waals surface area contributed by atoms with Crippen molar-refractivity contribution in [2.24, 2.45) is 0 Å². The van der Waals surface area contributed by atoms with E-state index >= 15 is 0 Å². The Morgan fingerprint density at radius 3 is 2.83 bits per heavy atom. The number of anilines is 1. The van der Waals surface area contributed by atoms with E-state index in [0.717, 1.165) is 5.69 Å². The van der Waals surface area contributed by atoms with Crippen molar-refractivity contribution in [1.29, 1.82) is 0 Å². The highest BCUT2D eigenvalue weighted by Gasteiger charge is 2.03. The molecule has 1 N–H and O–H groups in total. The van der Waals surface area contributed by atoms with Gasteiger partial charge in [-0.15, -0.1) is 0 Å². The van der Waals surface area contributed by atoms with E-state index < -0.39 is 0 Å². The minimum Gasteiger partial charge on any atom is -0.326 e. The summed E-state index contributed by atoms with van der Waals surface area (Å²) >= 11 is 0. The topological polar surface area (TPSA) is 46.9 Å². The Balaban J connectivity index is 1.88. The largest absolute Gasteiger partial charge is 0.326 e. The van der Waals surface area contributed by atoms with Gasteiger partial charge in [-0.3, -0.25) is 9.48 Å². The van der Waals surface area contributed by atoms with Crippen molar-refractivity contribution in [3.05, 3.63) is 47.8 Å². The van der Waals surface area contributed by atoms with Crippen molar-refractivity contribution in [3.63, 3.8) is 0 Å². The summed E-state index contributed by atoms with van der Waals surface area (Å²) in [4.78, 5) is 11.8. The SMILES string of the molecule is Cc1ccc(NC(=O)CCn2cccn2)cc1C. The first kappa shape index (κ1) is 12.4. The number of nitrogens with one attached hydrogen (secondary N) is 1. The van der Waals surface area contributed by atoms with Crippen LogP contribution in [0.4, 0.5) is 5.69 Å². The predicted octanol–water partition coefficient (Wildman–Crippen LogP) is 2.53. The zero-order chi connectivity index (χ0) is 13.0. The smallest absolute Gasteiger partial charge is 0.226 e. The molecule has 0 saturated heterocycles. The second kappa shape index (κ2) is 5.49. The third-order valence-electron chi connectivity index (χ3n) is 2.92. The monoisotopic (exact) mass is 243 g/mol. The Hall–Kier alpha value is -2.10. The molecule has 0 fully saturated rings. The van der Waals surface area contributed by atoms with E-state index in [4.69, 9.17) is 0 Å². The Labute approximate surface area is 107 Å². The number of rotatable bonds is 4. The van der Waals surface area contributed by atoms with Crippen molar-refractivity contribution in [3.8, 4) is 0 Å². The first-order chi connectivity index (χ1) is 8.65. The van der Waals surface area contributed by atoms with Crippen LogP contribution >= 0.6 is 0 Å². The summed E-state index contributed by atoms with van der Waals surface area (Å²) in [5, 5.41) is 6.95. The molecular formula is C14H17N3O. The van der Waals surface area contributed by atoms with Gasteiger partial charge in [0.1, 0.15) is 0 Å². The highest BCUT2D eigenvalue weighted by Crippen LogP contribution is 2.14. The highest BCUT2D eigenvalue weighted by molar-refractivity contribution is 5.90. The Morgan fingerprint density at radius 2 is 2.17 bits per heavy atom. The second-order valence-corrected chi connectivity index (χ2v) is 4.37. The fraction of sp³-hybridized carbons (Fsp3) is 0.286. The minimum atomic E-state index is 0.00810. The molecule has 0 spiro atoms. The highest BCUT2D eigenvalue weighted by atomic mass is 16.1. The van der Waals surface area contributed by atoms with Crippen LogP contribution in [-0.2, 0) is 11.3 Å². The summed E-state index contributed by atoms with van der Waals surface area (Å²) in [7, 11) is 0. The molecule has 0 radical (unpaired) electrons. The van der Waals surface area contributed by atoms with Gasteiger partial charge in [-0.25, -0.2) is 0 Å². The number of amides is 1. The predicted molar refractivity (Wildman–Crippen MR) is 71.4 cm³/mol. The van der Waals surface area contributed by atoms with Gasteiger partial charge >= 0.3 is 0 Å². The van der Waals surface area contributed by atoms with Crippen molar-refractivity contribution >= 4 is 11.6 Å². The van der Waals surface area contributed by atoms with Crippen LogP contribution in [-0.4, -0.2) is 15.7 Å². The van der Waals surface area contributed by atoms with Crippen molar-refractivity contribution < 1.29 is 4.79 Å². The lowest BCUT2D eigenvalue weighted by Gasteiger charge is -2.07. The van der Waals surface area contributed by atoms with Gasteiger partial charge in [-0.1, -0.05) is 6.07 Å². The summed E-state index contributed by atoms with van der Waals surface area (Å²) < 4.78 is 1.75. The number of hydrogen-bond donors (Lipinski definition) is 1. The van der Waals surface area contributed by atoms with Crippen LogP contribution < -0.4 is 5.32 Å².